The number of anilines is 1. The molecule has 2 N–H and O–H groups in total. The first-order chi connectivity index (χ1) is 15.2. The summed E-state index contributed by atoms with van der Waals surface area (Å²) in [6.07, 6.45) is 3.48. The van der Waals surface area contributed by atoms with Crippen LogP contribution in [-0.2, 0) is 13.2 Å². The van der Waals surface area contributed by atoms with Crippen molar-refractivity contribution in [2.75, 3.05) is 5.73 Å². The van der Waals surface area contributed by atoms with Crippen LogP contribution in [0.5, 0.6) is 11.5 Å². The number of imidazole rings is 1. The molecule has 0 fully saturated rings. The molecule has 0 amide bonds. The summed E-state index contributed by atoms with van der Waals surface area (Å²) < 4.78 is 13.6. The van der Waals surface area contributed by atoms with Gasteiger partial charge in [-0.05, 0) is 30.2 Å². The molecule has 0 aliphatic rings. The van der Waals surface area contributed by atoms with Crippen LogP contribution in [0.3, 0.4) is 0 Å². The summed E-state index contributed by atoms with van der Waals surface area (Å²) >= 11 is 0. The van der Waals surface area contributed by atoms with Gasteiger partial charge in [-0.15, -0.1) is 0 Å². The second kappa shape index (κ2) is 9.63. The molecule has 0 radical (unpaired) electrons. The molecule has 31 heavy (non-hydrogen) atoms. The normalized spacial score (nSPS) is 11.0. The maximum Gasteiger partial charge on any atom is 0.221 e. The predicted octanol–water partition coefficient (Wildman–Crippen LogP) is 4.81. The molecule has 1 aromatic heterocycles. The van der Waals surface area contributed by atoms with E-state index in [1.54, 1.807) is 12.4 Å². The zero-order valence-electron chi connectivity index (χ0n) is 17.3. The molecule has 6 nitrogen and oxygen atoms in total. The summed E-state index contributed by atoms with van der Waals surface area (Å²) in [5, 5.41) is 4.41. The summed E-state index contributed by atoms with van der Waals surface area (Å²) in [6.45, 7) is 2.80. The quantitative estimate of drug-likeness (QED) is 0.421. The van der Waals surface area contributed by atoms with E-state index < -0.39 is 0 Å². The van der Waals surface area contributed by atoms with Crippen molar-refractivity contribution in [3.05, 3.63) is 107 Å². The van der Waals surface area contributed by atoms with Gasteiger partial charge in [-0.1, -0.05) is 60.7 Å². The lowest BCUT2D eigenvalue weighted by molar-refractivity contribution is 0.290. The second-order valence-electron chi connectivity index (χ2n) is 7.12. The van der Waals surface area contributed by atoms with Gasteiger partial charge in [0.25, 0.3) is 0 Å². The maximum atomic E-state index is 6.02. The van der Waals surface area contributed by atoms with E-state index in [9.17, 15) is 0 Å². The Morgan fingerprint density at radius 2 is 1.42 bits per heavy atom. The largest absolute Gasteiger partial charge is 0.489 e. The van der Waals surface area contributed by atoms with Crippen LogP contribution >= 0.6 is 0 Å². The predicted molar refractivity (Wildman–Crippen MR) is 122 cm³/mol. The minimum Gasteiger partial charge on any atom is -0.489 e. The SMILES string of the molecule is Cc1cn(N=Cc2cc(OCc3ccccc3)cc(OCc3ccccc3)c2)c(N)n1. The molecule has 1 heterocycles. The van der Waals surface area contributed by atoms with E-state index in [0.29, 0.717) is 30.7 Å². The van der Waals surface area contributed by atoms with Crippen molar-refractivity contribution in [2.45, 2.75) is 20.1 Å². The standard InChI is InChI=1S/C25H24N4O2/c1-19-16-29(25(26)28-19)27-15-22-12-23(30-17-20-8-4-2-5-9-20)14-24(13-22)31-18-21-10-6-3-7-11-21/h2-16H,17-18H2,1H3,(H2,26,28). The third-order valence-electron chi connectivity index (χ3n) is 4.56. The van der Waals surface area contributed by atoms with E-state index in [2.05, 4.69) is 10.1 Å². The van der Waals surface area contributed by atoms with Gasteiger partial charge >= 0.3 is 0 Å². The van der Waals surface area contributed by atoms with Crippen molar-refractivity contribution in [2.24, 2.45) is 5.10 Å². The molecule has 0 spiro atoms. The number of rotatable bonds is 8. The summed E-state index contributed by atoms with van der Waals surface area (Å²) in [4.78, 5) is 4.16. The summed E-state index contributed by atoms with van der Waals surface area (Å²) in [7, 11) is 0. The highest BCUT2D eigenvalue weighted by molar-refractivity contribution is 5.81. The molecule has 3 aromatic carbocycles. The van der Waals surface area contributed by atoms with E-state index in [-0.39, 0.29) is 0 Å². The van der Waals surface area contributed by atoms with Crippen LogP contribution in [0, 0.1) is 6.92 Å². The molecule has 4 rings (SSSR count). The third-order valence-corrected chi connectivity index (χ3v) is 4.56. The number of hydrogen-bond donors (Lipinski definition) is 1. The topological polar surface area (TPSA) is 74.7 Å². The summed E-state index contributed by atoms with van der Waals surface area (Å²) in [5.74, 6) is 1.74. The van der Waals surface area contributed by atoms with E-state index in [1.165, 1.54) is 4.68 Å². The van der Waals surface area contributed by atoms with Crippen molar-refractivity contribution < 1.29 is 9.47 Å². The number of ether oxygens (including phenoxy) is 2. The lowest BCUT2D eigenvalue weighted by Gasteiger charge is -2.11. The van der Waals surface area contributed by atoms with Crippen molar-refractivity contribution >= 4 is 12.2 Å². The highest BCUT2D eigenvalue weighted by Crippen LogP contribution is 2.24. The van der Waals surface area contributed by atoms with E-state index in [0.717, 1.165) is 22.4 Å². The first-order valence-corrected chi connectivity index (χ1v) is 10.00. The molecule has 0 aliphatic heterocycles. The van der Waals surface area contributed by atoms with Crippen LogP contribution < -0.4 is 15.2 Å². The van der Waals surface area contributed by atoms with E-state index >= 15 is 0 Å². The summed E-state index contributed by atoms with van der Waals surface area (Å²) in [6, 6.07) is 25.8. The number of aromatic nitrogens is 2. The fourth-order valence-electron chi connectivity index (χ4n) is 3.04. The van der Waals surface area contributed by atoms with Crippen LogP contribution in [0.2, 0.25) is 0 Å². The van der Waals surface area contributed by atoms with E-state index in [4.69, 9.17) is 15.2 Å². The van der Waals surface area contributed by atoms with Crippen LogP contribution in [0.15, 0.2) is 90.2 Å². The second-order valence-corrected chi connectivity index (χ2v) is 7.12. The molecule has 0 bridgehead atoms. The zero-order valence-corrected chi connectivity index (χ0v) is 17.3. The molecule has 0 unspecified atom stereocenters. The van der Waals surface area contributed by atoms with E-state index in [1.807, 2.05) is 85.8 Å². The fraction of sp³-hybridized carbons (Fsp3) is 0.120. The Morgan fingerprint density at radius 3 is 1.90 bits per heavy atom. The van der Waals surface area contributed by atoms with Gasteiger partial charge in [0.05, 0.1) is 18.1 Å². The van der Waals surface area contributed by atoms with Gasteiger partial charge in [0.15, 0.2) is 0 Å². The third kappa shape index (κ3) is 5.73. The van der Waals surface area contributed by atoms with Crippen molar-refractivity contribution in [3.63, 3.8) is 0 Å². The average molecular weight is 412 g/mol. The fourth-order valence-corrected chi connectivity index (χ4v) is 3.04. The highest BCUT2D eigenvalue weighted by atomic mass is 16.5. The van der Waals surface area contributed by atoms with Gasteiger partial charge in [-0.2, -0.15) is 5.10 Å². The van der Waals surface area contributed by atoms with Crippen LogP contribution in [0.1, 0.15) is 22.4 Å². The van der Waals surface area contributed by atoms with Gasteiger partial charge < -0.3 is 15.2 Å². The minimum absolute atomic E-state index is 0.339. The Morgan fingerprint density at radius 1 is 0.871 bits per heavy atom. The van der Waals surface area contributed by atoms with Crippen LogP contribution in [0.4, 0.5) is 5.95 Å². The molecule has 0 saturated carbocycles. The molecule has 6 heteroatoms. The first kappa shape index (κ1) is 20.2. The van der Waals surface area contributed by atoms with Gasteiger partial charge in [-0.3, -0.25) is 0 Å². The first-order valence-electron chi connectivity index (χ1n) is 10.00. The zero-order chi connectivity index (χ0) is 21.5. The molecule has 4 aromatic rings. The lowest BCUT2D eigenvalue weighted by atomic mass is 10.2. The Kier molecular flexibility index (Phi) is 6.28. The van der Waals surface area contributed by atoms with Crippen molar-refractivity contribution in [1.82, 2.24) is 9.66 Å². The number of nitrogen functional groups attached to an aromatic ring is 1. The number of hydrogen-bond acceptors (Lipinski definition) is 5. The monoisotopic (exact) mass is 412 g/mol. The average Bonchev–Trinajstić information content (AvgIpc) is 3.13. The molecular formula is C25H24N4O2. The molecule has 156 valence electrons. The van der Waals surface area contributed by atoms with Gasteiger partial charge in [0.2, 0.25) is 5.95 Å². The number of nitrogens with two attached hydrogens (primary N) is 1. The molecule has 0 aliphatic carbocycles. The molecule has 0 atom stereocenters. The Bertz CT molecular complexity index is 1090. The van der Waals surface area contributed by atoms with Crippen LogP contribution in [0.25, 0.3) is 0 Å². The maximum absolute atomic E-state index is 6.02. The smallest absolute Gasteiger partial charge is 0.221 e. The number of benzene rings is 3. The number of aryl methyl sites for hydroxylation is 1. The Hall–Kier alpha value is -4.06. The molecular weight excluding hydrogens is 388 g/mol. The Labute approximate surface area is 181 Å². The summed E-state index contributed by atoms with van der Waals surface area (Å²) in [5.41, 5.74) is 9.70. The number of nitrogens with zero attached hydrogens (tertiary/aromatic N) is 3. The minimum atomic E-state index is 0.339. The van der Waals surface area contributed by atoms with Crippen molar-refractivity contribution in [3.8, 4) is 11.5 Å². The molecule has 0 saturated heterocycles. The highest BCUT2D eigenvalue weighted by Gasteiger charge is 2.05. The van der Waals surface area contributed by atoms with Gasteiger partial charge in [0, 0.05) is 11.6 Å². The van der Waals surface area contributed by atoms with Gasteiger partial charge in [0.1, 0.15) is 24.7 Å². The van der Waals surface area contributed by atoms with Crippen molar-refractivity contribution in [1.29, 1.82) is 0 Å². The van der Waals surface area contributed by atoms with Crippen LogP contribution in [-0.4, -0.2) is 15.9 Å². The van der Waals surface area contributed by atoms with Gasteiger partial charge in [-0.25, -0.2) is 9.66 Å². The Balaban J connectivity index is 1.55. The lowest BCUT2D eigenvalue weighted by Crippen LogP contribution is -2.00.